The van der Waals surface area contributed by atoms with E-state index in [0.717, 1.165) is 5.56 Å². The highest BCUT2D eigenvalue weighted by Gasteiger charge is 2.09. The van der Waals surface area contributed by atoms with Crippen molar-refractivity contribution in [3.05, 3.63) is 36.1 Å². The SMILES string of the molecule is CNC(=O)O/N=C/c1ccc(-c2ccc(OC)c(OC)c2)o1. The Morgan fingerprint density at radius 2 is 1.95 bits per heavy atom. The van der Waals surface area contributed by atoms with E-state index in [4.69, 9.17) is 13.9 Å². The Kier molecular flexibility index (Phi) is 5.02. The van der Waals surface area contributed by atoms with E-state index in [1.54, 1.807) is 38.5 Å². The van der Waals surface area contributed by atoms with Crippen molar-refractivity contribution in [1.29, 1.82) is 0 Å². The first-order valence-corrected chi connectivity index (χ1v) is 6.42. The van der Waals surface area contributed by atoms with Crippen LogP contribution in [0.25, 0.3) is 11.3 Å². The predicted molar refractivity (Wildman–Crippen MR) is 80.4 cm³/mol. The monoisotopic (exact) mass is 304 g/mol. The van der Waals surface area contributed by atoms with Gasteiger partial charge in [0.05, 0.1) is 14.2 Å². The summed E-state index contributed by atoms with van der Waals surface area (Å²) in [5, 5.41) is 5.78. The zero-order chi connectivity index (χ0) is 15.9. The van der Waals surface area contributed by atoms with Gasteiger partial charge in [0.15, 0.2) is 11.5 Å². The number of hydrogen-bond acceptors (Lipinski definition) is 6. The van der Waals surface area contributed by atoms with Crippen LogP contribution in [0.3, 0.4) is 0 Å². The summed E-state index contributed by atoms with van der Waals surface area (Å²) in [6, 6.07) is 8.94. The van der Waals surface area contributed by atoms with Gasteiger partial charge in [-0.05, 0) is 30.3 Å². The van der Waals surface area contributed by atoms with E-state index in [1.165, 1.54) is 13.3 Å². The van der Waals surface area contributed by atoms with Crippen LogP contribution in [0.15, 0.2) is 39.9 Å². The number of methoxy groups -OCH3 is 2. The molecule has 0 fully saturated rings. The van der Waals surface area contributed by atoms with Crippen molar-refractivity contribution in [2.24, 2.45) is 5.16 Å². The van der Waals surface area contributed by atoms with E-state index in [9.17, 15) is 4.79 Å². The van der Waals surface area contributed by atoms with E-state index in [-0.39, 0.29) is 0 Å². The number of ether oxygens (including phenoxy) is 2. The van der Waals surface area contributed by atoms with Crippen molar-refractivity contribution in [2.45, 2.75) is 0 Å². The molecular weight excluding hydrogens is 288 g/mol. The van der Waals surface area contributed by atoms with Crippen LogP contribution in [0.4, 0.5) is 4.79 Å². The lowest BCUT2D eigenvalue weighted by molar-refractivity contribution is 0.153. The first-order chi connectivity index (χ1) is 10.7. The molecule has 1 N–H and O–H groups in total. The molecule has 0 aliphatic carbocycles. The smallest absolute Gasteiger partial charge is 0.433 e. The van der Waals surface area contributed by atoms with Gasteiger partial charge in [0.2, 0.25) is 0 Å². The zero-order valence-corrected chi connectivity index (χ0v) is 12.5. The standard InChI is InChI=1S/C15H16N2O5/c1-16-15(18)22-17-9-11-5-7-12(21-11)10-4-6-13(19-2)14(8-10)20-3/h4-9H,1-3H3,(H,16,18)/b17-9+. The lowest BCUT2D eigenvalue weighted by atomic mass is 10.1. The Labute approximate surface area is 127 Å². The Bertz CT molecular complexity index is 678. The first kappa shape index (κ1) is 15.4. The Hall–Kier alpha value is -2.96. The molecule has 0 unspecified atom stereocenters. The summed E-state index contributed by atoms with van der Waals surface area (Å²) >= 11 is 0. The zero-order valence-electron chi connectivity index (χ0n) is 12.5. The second kappa shape index (κ2) is 7.16. The van der Waals surface area contributed by atoms with Crippen molar-refractivity contribution in [3.63, 3.8) is 0 Å². The minimum absolute atomic E-state index is 0.452. The van der Waals surface area contributed by atoms with Gasteiger partial charge in [-0.25, -0.2) is 4.79 Å². The molecule has 1 aromatic carbocycles. The number of hydrogen-bond donors (Lipinski definition) is 1. The van der Waals surface area contributed by atoms with E-state index in [0.29, 0.717) is 23.0 Å². The topological polar surface area (TPSA) is 82.3 Å². The molecule has 7 nitrogen and oxygen atoms in total. The van der Waals surface area contributed by atoms with Gasteiger partial charge in [0, 0.05) is 12.6 Å². The lowest BCUT2D eigenvalue weighted by Gasteiger charge is -2.08. The summed E-state index contributed by atoms with van der Waals surface area (Å²) in [5.41, 5.74) is 0.824. The second-order valence-electron chi connectivity index (χ2n) is 4.14. The summed E-state index contributed by atoms with van der Waals surface area (Å²) < 4.78 is 16.0. The molecule has 2 aromatic rings. The van der Waals surface area contributed by atoms with Gasteiger partial charge >= 0.3 is 6.09 Å². The molecular formula is C15H16N2O5. The van der Waals surface area contributed by atoms with Gasteiger partial charge in [-0.2, -0.15) is 0 Å². The highest BCUT2D eigenvalue weighted by atomic mass is 16.7. The molecule has 22 heavy (non-hydrogen) atoms. The van der Waals surface area contributed by atoms with E-state index >= 15 is 0 Å². The highest BCUT2D eigenvalue weighted by molar-refractivity contribution is 5.78. The summed E-state index contributed by atoms with van der Waals surface area (Å²) in [6.07, 6.45) is 0.655. The third kappa shape index (κ3) is 3.57. The fraction of sp³-hybridized carbons (Fsp3) is 0.200. The average molecular weight is 304 g/mol. The van der Waals surface area contributed by atoms with Gasteiger partial charge < -0.3 is 19.2 Å². The van der Waals surface area contributed by atoms with Crippen LogP contribution >= 0.6 is 0 Å². The summed E-state index contributed by atoms with van der Waals surface area (Å²) in [7, 11) is 4.59. The molecule has 7 heteroatoms. The largest absolute Gasteiger partial charge is 0.493 e. The van der Waals surface area contributed by atoms with Crippen molar-refractivity contribution >= 4 is 12.3 Å². The number of amides is 1. The number of nitrogens with one attached hydrogen (secondary N) is 1. The molecule has 116 valence electrons. The van der Waals surface area contributed by atoms with Crippen LogP contribution in [0, 0.1) is 0 Å². The van der Waals surface area contributed by atoms with Gasteiger partial charge in [0.1, 0.15) is 17.7 Å². The minimum Gasteiger partial charge on any atom is -0.493 e. The molecule has 0 aliphatic heterocycles. The number of nitrogens with zero attached hydrogens (tertiary/aromatic N) is 1. The molecule has 1 heterocycles. The number of benzene rings is 1. The molecule has 0 atom stereocenters. The van der Waals surface area contributed by atoms with Crippen molar-refractivity contribution < 1.29 is 23.5 Å². The molecule has 1 aromatic heterocycles. The number of furan rings is 1. The number of carbonyl (C=O) groups is 1. The van der Waals surface area contributed by atoms with Crippen molar-refractivity contribution in [2.75, 3.05) is 21.3 Å². The predicted octanol–water partition coefficient (Wildman–Crippen LogP) is 2.65. The maximum Gasteiger partial charge on any atom is 0.433 e. The van der Waals surface area contributed by atoms with E-state index in [1.807, 2.05) is 6.07 Å². The molecule has 0 radical (unpaired) electrons. The fourth-order valence-corrected chi connectivity index (χ4v) is 1.74. The normalized spacial score (nSPS) is 10.5. The molecule has 0 aliphatic rings. The molecule has 2 rings (SSSR count). The van der Waals surface area contributed by atoms with Gasteiger partial charge in [0.25, 0.3) is 0 Å². The van der Waals surface area contributed by atoms with Crippen LogP contribution in [0.2, 0.25) is 0 Å². The molecule has 0 saturated heterocycles. The molecule has 0 spiro atoms. The van der Waals surface area contributed by atoms with Crippen LogP contribution in [-0.2, 0) is 4.84 Å². The van der Waals surface area contributed by atoms with Crippen LogP contribution in [0.5, 0.6) is 11.5 Å². The number of rotatable bonds is 5. The van der Waals surface area contributed by atoms with Gasteiger partial charge in [-0.3, -0.25) is 4.84 Å². The van der Waals surface area contributed by atoms with Crippen LogP contribution < -0.4 is 14.8 Å². The summed E-state index contributed by atoms with van der Waals surface area (Å²) in [4.78, 5) is 15.4. The van der Waals surface area contributed by atoms with Gasteiger partial charge in [-0.15, -0.1) is 0 Å². The third-order valence-corrected chi connectivity index (χ3v) is 2.81. The molecule has 1 amide bonds. The quantitative estimate of drug-likeness (QED) is 0.521. The minimum atomic E-state index is -0.650. The van der Waals surface area contributed by atoms with Crippen molar-refractivity contribution in [3.8, 4) is 22.8 Å². The van der Waals surface area contributed by atoms with Crippen molar-refractivity contribution in [1.82, 2.24) is 5.32 Å². The Morgan fingerprint density at radius 3 is 2.64 bits per heavy atom. The number of carbonyl (C=O) groups excluding carboxylic acids is 1. The lowest BCUT2D eigenvalue weighted by Crippen LogP contribution is -2.16. The summed E-state index contributed by atoms with van der Waals surface area (Å²) in [5.74, 6) is 2.32. The number of oxime groups is 1. The Morgan fingerprint density at radius 1 is 1.18 bits per heavy atom. The highest BCUT2D eigenvalue weighted by Crippen LogP contribution is 2.32. The van der Waals surface area contributed by atoms with E-state index < -0.39 is 6.09 Å². The van der Waals surface area contributed by atoms with E-state index in [2.05, 4.69) is 15.3 Å². The maximum absolute atomic E-state index is 10.9. The van der Waals surface area contributed by atoms with Gasteiger partial charge in [-0.1, -0.05) is 5.16 Å². The first-order valence-electron chi connectivity index (χ1n) is 6.42. The summed E-state index contributed by atoms with van der Waals surface area (Å²) in [6.45, 7) is 0. The maximum atomic E-state index is 10.9. The second-order valence-corrected chi connectivity index (χ2v) is 4.14. The molecule has 0 bridgehead atoms. The van der Waals surface area contributed by atoms with Crippen LogP contribution in [-0.4, -0.2) is 33.6 Å². The Balaban J connectivity index is 2.16. The van der Waals surface area contributed by atoms with Crippen LogP contribution in [0.1, 0.15) is 5.76 Å². The fourth-order valence-electron chi connectivity index (χ4n) is 1.74. The average Bonchev–Trinajstić information content (AvgIpc) is 3.02. The third-order valence-electron chi connectivity index (χ3n) is 2.81. The molecule has 0 saturated carbocycles.